The van der Waals surface area contributed by atoms with Crippen LogP contribution in [0.3, 0.4) is 0 Å². The van der Waals surface area contributed by atoms with Crippen LogP contribution in [-0.2, 0) is 4.79 Å². The van der Waals surface area contributed by atoms with Gasteiger partial charge in [-0.25, -0.2) is 0 Å². The summed E-state index contributed by atoms with van der Waals surface area (Å²) in [7, 11) is 0. The first-order valence-corrected chi connectivity index (χ1v) is 6.07. The highest BCUT2D eigenvalue weighted by molar-refractivity contribution is 8.26. The van der Waals surface area contributed by atoms with Crippen molar-refractivity contribution in [1.82, 2.24) is 5.32 Å². The number of thioether (sulfide) groups is 1. The number of rotatable bonds is 3. The summed E-state index contributed by atoms with van der Waals surface area (Å²) in [5, 5.41) is 2.49. The summed E-state index contributed by atoms with van der Waals surface area (Å²) < 4.78 is 28.5. The fourth-order valence-electron chi connectivity index (χ4n) is 1.32. The van der Waals surface area contributed by atoms with Gasteiger partial charge in [0.15, 0.2) is 0 Å². The molecule has 0 saturated carbocycles. The molecule has 1 aromatic carbocycles. The van der Waals surface area contributed by atoms with Gasteiger partial charge in [0.25, 0.3) is 5.91 Å². The molecule has 3 nitrogen and oxygen atoms in total. The van der Waals surface area contributed by atoms with Gasteiger partial charge in [-0.2, -0.15) is 8.78 Å². The van der Waals surface area contributed by atoms with Crippen molar-refractivity contribution in [3.8, 4) is 5.75 Å². The lowest BCUT2D eigenvalue weighted by atomic mass is 10.2. The number of benzene rings is 1. The second kappa shape index (κ2) is 5.45. The summed E-state index contributed by atoms with van der Waals surface area (Å²) in [6, 6.07) is 5.99. The number of thiocarbonyl (C=S) groups is 1. The van der Waals surface area contributed by atoms with Crippen LogP contribution >= 0.6 is 24.0 Å². The second-order valence-corrected chi connectivity index (χ2v) is 5.02. The minimum atomic E-state index is -2.84. The van der Waals surface area contributed by atoms with E-state index in [0.717, 1.165) is 11.8 Å². The number of nitrogens with one attached hydrogen (secondary N) is 1. The van der Waals surface area contributed by atoms with Gasteiger partial charge < -0.3 is 10.1 Å². The van der Waals surface area contributed by atoms with Crippen molar-refractivity contribution in [2.24, 2.45) is 0 Å². The quantitative estimate of drug-likeness (QED) is 0.685. The number of ether oxygens (including phenoxy) is 1. The van der Waals surface area contributed by atoms with E-state index in [4.69, 9.17) is 12.2 Å². The molecule has 2 rings (SSSR count). The molecule has 1 amide bonds. The predicted octanol–water partition coefficient (Wildman–Crippen LogP) is 2.78. The van der Waals surface area contributed by atoms with Crippen molar-refractivity contribution in [1.29, 1.82) is 0 Å². The molecular formula is C11H7F2NO2S2. The Bertz CT molecular complexity index is 514. The first-order valence-electron chi connectivity index (χ1n) is 4.84. The van der Waals surface area contributed by atoms with E-state index in [2.05, 4.69) is 10.1 Å². The molecule has 0 radical (unpaired) electrons. The molecule has 1 aliphatic rings. The second-order valence-electron chi connectivity index (χ2n) is 3.30. The predicted molar refractivity (Wildman–Crippen MR) is 69.4 cm³/mol. The molecule has 94 valence electrons. The van der Waals surface area contributed by atoms with Gasteiger partial charge >= 0.3 is 6.61 Å². The van der Waals surface area contributed by atoms with Gasteiger partial charge in [0.1, 0.15) is 10.1 Å². The van der Waals surface area contributed by atoms with E-state index < -0.39 is 6.61 Å². The van der Waals surface area contributed by atoms with Crippen LogP contribution in [0.5, 0.6) is 5.75 Å². The lowest BCUT2D eigenvalue weighted by molar-refractivity contribution is -0.115. The number of alkyl halides is 2. The van der Waals surface area contributed by atoms with Gasteiger partial charge in [0, 0.05) is 0 Å². The molecule has 0 atom stereocenters. The lowest BCUT2D eigenvalue weighted by Gasteiger charge is -2.03. The number of carbonyl (C=O) groups excluding carboxylic acids is 1. The number of hydrogen-bond acceptors (Lipinski definition) is 4. The molecular weight excluding hydrogens is 280 g/mol. The van der Waals surface area contributed by atoms with Crippen molar-refractivity contribution >= 4 is 40.3 Å². The summed E-state index contributed by atoms with van der Waals surface area (Å²) in [5.74, 6) is -0.177. The Hall–Kier alpha value is -1.47. The third-order valence-electron chi connectivity index (χ3n) is 2.05. The van der Waals surface area contributed by atoms with Crippen molar-refractivity contribution in [2.75, 3.05) is 0 Å². The molecule has 1 N–H and O–H groups in total. The molecule has 1 saturated heterocycles. The maximum absolute atomic E-state index is 11.9. The monoisotopic (exact) mass is 287 g/mol. The van der Waals surface area contributed by atoms with E-state index in [9.17, 15) is 13.6 Å². The third-order valence-corrected chi connectivity index (χ3v) is 3.21. The maximum atomic E-state index is 11.9. The van der Waals surface area contributed by atoms with Crippen molar-refractivity contribution in [3.05, 3.63) is 34.7 Å². The summed E-state index contributed by atoms with van der Waals surface area (Å²) >= 11 is 6.01. The Morgan fingerprint density at radius 1 is 1.33 bits per heavy atom. The van der Waals surface area contributed by atoms with Crippen LogP contribution in [0.2, 0.25) is 0 Å². The van der Waals surface area contributed by atoms with E-state index in [1.165, 1.54) is 12.1 Å². The van der Waals surface area contributed by atoms with Crippen LogP contribution in [0.15, 0.2) is 29.2 Å². The molecule has 0 spiro atoms. The van der Waals surface area contributed by atoms with Gasteiger partial charge in [0.2, 0.25) is 0 Å². The van der Waals surface area contributed by atoms with Crippen molar-refractivity contribution in [2.45, 2.75) is 6.61 Å². The van der Waals surface area contributed by atoms with E-state index in [1.54, 1.807) is 18.2 Å². The molecule has 18 heavy (non-hydrogen) atoms. The first kappa shape index (κ1) is 13.0. The fraction of sp³-hybridized carbons (Fsp3) is 0.0909. The van der Waals surface area contributed by atoms with Crippen LogP contribution in [0, 0.1) is 0 Å². The van der Waals surface area contributed by atoms with Gasteiger partial charge in [-0.1, -0.05) is 36.1 Å². The summed E-state index contributed by atoms with van der Waals surface area (Å²) in [4.78, 5) is 11.9. The molecule has 0 aliphatic carbocycles. The third kappa shape index (κ3) is 3.27. The van der Waals surface area contributed by atoms with Crippen LogP contribution in [0.25, 0.3) is 6.08 Å². The zero-order valence-electron chi connectivity index (χ0n) is 8.85. The van der Waals surface area contributed by atoms with Crippen molar-refractivity contribution < 1.29 is 18.3 Å². The first-order chi connectivity index (χ1) is 8.54. The zero-order chi connectivity index (χ0) is 13.1. The molecule has 0 unspecified atom stereocenters. The average molecular weight is 287 g/mol. The molecule has 1 aromatic rings. The highest BCUT2D eigenvalue weighted by Crippen LogP contribution is 2.26. The summed E-state index contributed by atoms with van der Waals surface area (Å²) in [6.45, 7) is -2.84. The number of amides is 1. The highest BCUT2D eigenvalue weighted by atomic mass is 32.2. The topological polar surface area (TPSA) is 38.3 Å². The standard InChI is InChI=1S/C11H7F2NO2S2/c12-10(13)16-7-3-1-6(2-4-7)5-8-9(15)14-11(17)18-8/h1-5,10H,(H,14,15,17)/b8-5-. The SMILES string of the molecule is O=C1NC(=S)S/C1=C\c1ccc(OC(F)F)cc1. The van der Waals surface area contributed by atoms with Crippen LogP contribution < -0.4 is 10.1 Å². The average Bonchev–Trinajstić information content (AvgIpc) is 2.59. The Morgan fingerprint density at radius 3 is 2.50 bits per heavy atom. The van der Waals surface area contributed by atoms with Gasteiger partial charge in [-0.3, -0.25) is 4.79 Å². The Labute approximate surface area is 111 Å². The smallest absolute Gasteiger partial charge is 0.387 e. The normalized spacial score (nSPS) is 17.4. The maximum Gasteiger partial charge on any atom is 0.387 e. The van der Waals surface area contributed by atoms with E-state index in [0.29, 0.717) is 14.8 Å². The van der Waals surface area contributed by atoms with E-state index in [-0.39, 0.29) is 11.7 Å². The van der Waals surface area contributed by atoms with Crippen LogP contribution in [0.4, 0.5) is 8.78 Å². The Balaban J connectivity index is 2.13. The molecule has 1 aliphatic heterocycles. The number of halogens is 2. The lowest BCUT2D eigenvalue weighted by Crippen LogP contribution is -2.17. The van der Waals surface area contributed by atoms with Gasteiger partial charge in [0.05, 0.1) is 4.91 Å². The molecule has 0 aromatic heterocycles. The minimum Gasteiger partial charge on any atom is -0.435 e. The van der Waals surface area contributed by atoms with E-state index >= 15 is 0 Å². The van der Waals surface area contributed by atoms with Crippen LogP contribution in [0.1, 0.15) is 5.56 Å². The van der Waals surface area contributed by atoms with Gasteiger partial charge in [-0.15, -0.1) is 0 Å². The fourth-order valence-corrected chi connectivity index (χ4v) is 2.36. The van der Waals surface area contributed by atoms with E-state index in [1.807, 2.05) is 0 Å². The Morgan fingerprint density at radius 2 is 2.00 bits per heavy atom. The van der Waals surface area contributed by atoms with Gasteiger partial charge in [-0.05, 0) is 23.8 Å². The van der Waals surface area contributed by atoms with Crippen LogP contribution in [-0.4, -0.2) is 16.8 Å². The highest BCUT2D eigenvalue weighted by Gasteiger charge is 2.21. The molecule has 7 heteroatoms. The minimum absolute atomic E-state index is 0.0752. The number of hydrogen-bond donors (Lipinski definition) is 1. The largest absolute Gasteiger partial charge is 0.435 e. The Kier molecular flexibility index (Phi) is 3.93. The molecule has 1 heterocycles. The zero-order valence-corrected chi connectivity index (χ0v) is 10.5. The molecule has 0 bridgehead atoms. The van der Waals surface area contributed by atoms with Crippen molar-refractivity contribution in [3.63, 3.8) is 0 Å². The molecule has 1 fully saturated rings. The summed E-state index contributed by atoms with van der Waals surface area (Å²) in [6.07, 6.45) is 1.63. The summed E-state index contributed by atoms with van der Waals surface area (Å²) in [5.41, 5.74) is 0.707. The number of carbonyl (C=O) groups is 1.